The van der Waals surface area contributed by atoms with Crippen LogP contribution in [0.4, 0.5) is 5.69 Å². The van der Waals surface area contributed by atoms with Crippen molar-refractivity contribution in [2.75, 3.05) is 11.9 Å². The zero-order valence-corrected chi connectivity index (χ0v) is 11.6. The molecule has 1 aromatic carbocycles. The minimum absolute atomic E-state index is 0.781. The van der Waals surface area contributed by atoms with Crippen LogP contribution in [0.3, 0.4) is 0 Å². The van der Waals surface area contributed by atoms with Crippen LogP contribution in [0.15, 0.2) is 18.2 Å². The van der Waals surface area contributed by atoms with Gasteiger partial charge in [-0.2, -0.15) is 5.26 Å². The van der Waals surface area contributed by atoms with Crippen molar-refractivity contribution >= 4 is 5.69 Å². The number of nitrogens with one attached hydrogen (secondary N) is 1. The van der Waals surface area contributed by atoms with Crippen LogP contribution < -0.4 is 5.32 Å². The first-order valence-electron chi connectivity index (χ1n) is 7.03. The van der Waals surface area contributed by atoms with Crippen LogP contribution in [0, 0.1) is 18.3 Å². The molecule has 0 aliphatic carbocycles. The molecule has 0 atom stereocenters. The molecular weight excluding hydrogens is 220 g/mol. The predicted octanol–water partition coefficient (Wildman–Crippen LogP) is 4.64. The molecule has 0 aliphatic heterocycles. The molecule has 98 valence electrons. The Morgan fingerprint density at radius 3 is 2.56 bits per heavy atom. The summed E-state index contributed by atoms with van der Waals surface area (Å²) < 4.78 is 0. The van der Waals surface area contributed by atoms with Gasteiger partial charge in [-0.15, -0.1) is 0 Å². The molecule has 2 nitrogen and oxygen atoms in total. The van der Waals surface area contributed by atoms with E-state index in [1.54, 1.807) is 0 Å². The second-order valence-electron chi connectivity index (χ2n) is 4.80. The van der Waals surface area contributed by atoms with Crippen molar-refractivity contribution in [1.29, 1.82) is 5.26 Å². The summed E-state index contributed by atoms with van der Waals surface area (Å²) in [7, 11) is 0. The van der Waals surface area contributed by atoms with Gasteiger partial charge >= 0.3 is 0 Å². The highest BCUT2D eigenvalue weighted by Gasteiger charge is 2.03. The Morgan fingerprint density at radius 2 is 1.83 bits per heavy atom. The fourth-order valence-electron chi connectivity index (χ4n) is 2.09. The van der Waals surface area contributed by atoms with E-state index in [1.807, 2.05) is 25.1 Å². The molecule has 0 bridgehead atoms. The fraction of sp³-hybridized carbons (Fsp3) is 0.562. The van der Waals surface area contributed by atoms with Crippen molar-refractivity contribution in [3.05, 3.63) is 29.3 Å². The lowest BCUT2D eigenvalue weighted by molar-refractivity contribution is 0.617. The molecule has 0 unspecified atom stereocenters. The van der Waals surface area contributed by atoms with Gasteiger partial charge in [-0.1, -0.05) is 51.2 Å². The van der Waals surface area contributed by atoms with E-state index in [4.69, 9.17) is 5.26 Å². The van der Waals surface area contributed by atoms with Crippen molar-refractivity contribution in [1.82, 2.24) is 0 Å². The lowest BCUT2D eigenvalue weighted by Crippen LogP contribution is -2.04. The molecule has 0 spiro atoms. The molecular formula is C16H24N2. The lowest BCUT2D eigenvalue weighted by Gasteiger charge is -2.09. The van der Waals surface area contributed by atoms with Gasteiger partial charge in [0.1, 0.15) is 6.07 Å². The third-order valence-corrected chi connectivity index (χ3v) is 3.23. The van der Waals surface area contributed by atoms with Crippen LogP contribution in [0.1, 0.15) is 56.6 Å². The number of nitriles is 1. The standard InChI is InChI=1S/C16H24N2/c1-3-4-5-6-7-8-12-18-16-11-9-10-14(2)15(16)13-17/h9-11,18H,3-8,12H2,1-2H3. The monoisotopic (exact) mass is 244 g/mol. The van der Waals surface area contributed by atoms with Gasteiger partial charge in [0.2, 0.25) is 0 Å². The van der Waals surface area contributed by atoms with Crippen molar-refractivity contribution in [3.8, 4) is 6.07 Å². The largest absolute Gasteiger partial charge is 0.384 e. The molecule has 0 saturated heterocycles. The Kier molecular flexibility index (Phi) is 6.94. The van der Waals surface area contributed by atoms with Crippen molar-refractivity contribution in [2.24, 2.45) is 0 Å². The van der Waals surface area contributed by atoms with Crippen molar-refractivity contribution in [2.45, 2.75) is 52.4 Å². The Bertz CT molecular complexity index is 391. The van der Waals surface area contributed by atoms with Crippen LogP contribution in [0.25, 0.3) is 0 Å². The molecule has 0 aromatic heterocycles. The van der Waals surface area contributed by atoms with Crippen molar-refractivity contribution < 1.29 is 0 Å². The lowest BCUT2D eigenvalue weighted by atomic mass is 10.1. The Balaban J connectivity index is 2.28. The van der Waals surface area contributed by atoms with Crippen molar-refractivity contribution in [3.63, 3.8) is 0 Å². The quantitative estimate of drug-likeness (QED) is 0.676. The number of anilines is 1. The van der Waals surface area contributed by atoms with Gasteiger partial charge in [0.25, 0.3) is 0 Å². The molecule has 0 fully saturated rings. The van der Waals surface area contributed by atoms with E-state index in [0.717, 1.165) is 23.4 Å². The van der Waals surface area contributed by atoms with Gasteiger partial charge < -0.3 is 5.32 Å². The molecule has 18 heavy (non-hydrogen) atoms. The second-order valence-corrected chi connectivity index (χ2v) is 4.80. The van der Waals surface area contributed by atoms with Gasteiger partial charge in [0, 0.05) is 6.54 Å². The number of hydrogen-bond acceptors (Lipinski definition) is 2. The highest BCUT2D eigenvalue weighted by molar-refractivity contribution is 5.60. The summed E-state index contributed by atoms with van der Waals surface area (Å²) in [5.41, 5.74) is 2.81. The number of hydrogen-bond donors (Lipinski definition) is 1. The smallest absolute Gasteiger partial charge is 0.102 e. The summed E-state index contributed by atoms with van der Waals surface area (Å²) in [6.45, 7) is 5.18. The number of unbranched alkanes of at least 4 members (excludes halogenated alkanes) is 5. The SMILES string of the molecule is CCCCCCCCNc1cccc(C)c1C#N. The minimum Gasteiger partial charge on any atom is -0.384 e. The predicted molar refractivity (Wildman–Crippen MR) is 77.8 cm³/mol. The summed E-state index contributed by atoms with van der Waals surface area (Å²) in [5.74, 6) is 0. The topological polar surface area (TPSA) is 35.8 Å². The van der Waals surface area contributed by atoms with Crippen LogP contribution >= 0.6 is 0 Å². The maximum Gasteiger partial charge on any atom is 0.102 e. The van der Waals surface area contributed by atoms with Gasteiger partial charge in [-0.3, -0.25) is 0 Å². The molecule has 1 aromatic rings. The number of nitrogens with zero attached hydrogens (tertiary/aromatic N) is 1. The molecule has 0 amide bonds. The highest BCUT2D eigenvalue weighted by atomic mass is 14.9. The van der Waals surface area contributed by atoms with E-state index in [-0.39, 0.29) is 0 Å². The van der Waals surface area contributed by atoms with Crippen LogP contribution in [0.2, 0.25) is 0 Å². The Hall–Kier alpha value is -1.49. The number of aryl methyl sites for hydroxylation is 1. The molecule has 1 N–H and O–H groups in total. The number of rotatable bonds is 8. The molecule has 0 saturated carbocycles. The summed E-state index contributed by atoms with van der Waals surface area (Å²) in [5, 5.41) is 12.5. The summed E-state index contributed by atoms with van der Waals surface area (Å²) in [6.07, 6.45) is 7.79. The number of benzene rings is 1. The van der Waals surface area contributed by atoms with Gasteiger partial charge in [0.05, 0.1) is 11.3 Å². The molecule has 0 aliphatic rings. The summed E-state index contributed by atoms with van der Waals surface area (Å²) in [4.78, 5) is 0. The van der Waals surface area contributed by atoms with Crippen LogP contribution in [0.5, 0.6) is 0 Å². The summed E-state index contributed by atoms with van der Waals surface area (Å²) in [6, 6.07) is 8.24. The Morgan fingerprint density at radius 1 is 1.11 bits per heavy atom. The van der Waals surface area contributed by atoms with Gasteiger partial charge in [-0.05, 0) is 25.0 Å². The maximum atomic E-state index is 9.11. The average Bonchev–Trinajstić information content (AvgIpc) is 2.38. The Labute approximate surface area is 111 Å². The average molecular weight is 244 g/mol. The maximum absolute atomic E-state index is 9.11. The van der Waals surface area contributed by atoms with E-state index >= 15 is 0 Å². The zero-order valence-electron chi connectivity index (χ0n) is 11.6. The first-order valence-corrected chi connectivity index (χ1v) is 7.03. The zero-order chi connectivity index (χ0) is 13.2. The van der Waals surface area contributed by atoms with E-state index in [9.17, 15) is 0 Å². The first-order chi connectivity index (χ1) is 8.79. The van der Waals surface area contributed by atoms with Crippen LogP contribution in [-0.4, -0.2) is 6.54 Å². The van der Waals surface area contributed by atoms with Gasteiger partial charge in [-0.25, -0.2) is 0 Å². The fourth-order valence-corrected chi connectivity index (χ4v) is 2.09. The first kappa shape index (κ1) is 14.6. The minimum atomic E-state index is 0.781. The summed E-state index contributed by atoms with van der Waals surface area (Å²) >= 11 is 0. The molecule has 0 radical (unpaired) electrons. The van der Waals surface area contributed by atoms with E-state index in [0.29, 0.717) is 0 Å². The van der Waals surface area contributed by atoms with E-state index in [2.05, 4.69) is 18.3 Å². The third-order valence-electron chi connectivity index (χ3n) is 3.23. The van der Waals surface area contributed by atoms with E-state index in [1.165, 1.54) is 38.5 Å². The molecule has 0 heterocycles. The van der Waals surface area contributed by atoms with Crippen LogP contribution in [-0.2, 0) is 0 Å². The molecule has 2 heteroatoms. The van der Waals surface area contributed by atoms with Gasteiger partial charge in [0.15, 0.2) is 0 Å². The highest BCUT2D eigenvalue weighted by Crippen LogP contribution is 2.18. The molecule has 1 rings (SSSR count). The third kappa shape index (κ3) is 4.79. The second kappa shape index (κ2) is 8.58. The van der Waals surface area contributed by atoms with E-state index < -0.39 is 0 Å². The normalized spacial score (nSPS) is 10.1.